The van der Waals surface area contributed by atoms with Crippen molar-refractivity contribution in [1.29, 1.82) is 0 Å². The molecule has 8 N–H and O–H groups in total. The quantitative estimate of drug-likeness (QED) is 0.156. The fourth-order valence-electron chi connectivity index (χ4n) is 15.0. The molecule has 1 spiro atoms. The molecule has 276 valence electrons. The van der Waals surface area contributed by atoms with Crippen LogP contribution in [-0.2, 0) is 14.3 Å². The lowest BCUT2D eigenvalue weighted by atomic mass is 9.23. The van der Waals surface area contributed by atoms with E-state index in [1.54, 1.807) is 0 Å². The molecule has 0 aromatic rings. The summed E-state index contributed by atoms with van der Waals surface area (Å²) in [5, 5.41) is 80.3. The molecule has 8 rings (SSSR count). The van der Waals surface area contributed by atoms with Gasteiger partial charge in [-0.05, 0) is 96.7 Å². The normalized spacial score (nSPS) is 59.2. The van der Waals surface area contributed by atoms with Crippen molar-refractivity contribution >= 4 is 5.97 Å². The Kier molecular flexibility index (Phi) is 7.80. The van der Waals surface area contributed by atoms with Crippen LogP contribution in [0.4, 0.5) is 0 Å². The van der Waals surface area contributed by atoms with E-state index < -0.39 is 59.0 Å². The molecule has 11 nitrogen and oxygen atoms in total. The highest BCUT2D eigenvalue weighted by atomic mass is 16.7. The molecule has 11 heteroatoms. The number of carboxylic acid groups (broad SMARTS) is 1. The lowest BCUT2D eigenvalue weighted by Crippen LogP contribution is -2.83. The van der Waals surface area contributed by atoms with Crippen LogP contribution in [0.3, 0.4) is 0 Å². The number of piperidine rings is 1. The largest absolute Gasteiger partial charge is 0.481 e. The van der Waals surface area contributed by atoms with E-state index >= 15 is 0 Å². The monoisotopic (exact) mass is 689 g/mol. The summed E-state index contributed by atoms with van der Waals surface area (Å²) < 4.78 is 12.1. The van der Waals surface area contributed by atoms with E-state index in [9.17, 15) is 40.5 Å². The Bertz CT molecular complexity index is 1410. The van der Waals surface area contributed by atoms with Crippen LogP contribution in [0.5, 0.6) is 0 Å². The maximum absolute atomic E-state index is 13.2. The van der Waals surface area contributed by atoms with Gasteiger partial charge in [0.25, 0.3) is 0 Å². The molecule has 2 aliphatic heterocycles. The van der Waals surface area contributed by atoms with Gasteiger partial charge in [-0.15, -0.1) is 0 Å². The number of aliphatic carboxylic acids is 1. The fourth-order valence-corrected chi connectivity index (χ4v) is 15.0. The predicted molar refractivity (Wildman–Crippen MR) is 177 cm³/mol. The zero-order chi connectivity index (χ0) is 35.2. The SMILES string of the molecule is CC1(CO)CCC2(C(=O)O)CCC34CCCC5(CC=C3C2C1)C1(C)C2CNC(CC45C)C1C(C)(CO)C(OC1OCC(O)C(O)C1O)C2O. The van der Waals surface area contributed by atoms with Gasteiger partial charge in [0.2, 0.25) is 0 Å². The number of carbonyl (C=O) groups is 1. The molecule has 2 heterocycles. The molecule has 17 unspecified atom stereocenters. The molecule has 0 aromatic heterocycles. The van der Waals surface area contributed by atoms with Crippen molar-refractivity contribution in [2.75, 3.05) is 26.4 Å². The van der Waals surface area contributed by atoms with Gasteiger partial charge in [0.1, 0.15) is 18.3 Å². The van der Waals surface area contributed by atoms with E-state index in [-0.39, 0.29) is 65.3 Å². The Morgan fingerprint density at radius 2 is 1.67 bits per heavy atom. The molecule has 0 amide bonds. The summed E-state index contributed by atoms with van der Waals surface area (Å²) in [6.45, 7) is 9.10. The Labute approximate surface area is 289 Å². The lowest BCUT2D eigenvalue weighted by Gasteiger charge is -2.82. The molecule has 49 heavy (non-hydrogen) atoms. The summed E-state index contributed by atoms with van der Waals surface area (Å²) in [5.74, 6) is -1.16. The average molecular weight is 690 g/mol. The maximum Gasteiger partial charge on any atom is 0.310 e. The molecule has 0 aromatic carbocycles. The number of hydrogen-bond acceptors (Lipinski definition) is 10. The second kappa shape index (κ2) is 10.9. The average Bonchev–Trinajstić information content (AvgIpc) is 3.05. The highest BCUT2D eigenvalue weighted by Gasteiger charge is 2.82. The number of ether oxygens (including phenoxy) is 2. The molecular formula is C38H59NO10. The topological polar surface area (TPSA) is 189 Å². The standard InChI is InChI=1S/C38H59NO10/c1-32(18-40)10-11-36(31(46)47)12-13-37-7-5-8-38(9-6-20(37)21(36)14-32)34(37,3)15-23-28-33(2,19-41)29(25(43)22(16-39-23)35(28,38)4)49-30-27(45)26(44)24(42)17-48-30/h6,21-30,39-45H,5,7-19H2,1-4H3,(H,46,47). The van der Waals surface area contributed by atoms with Gasteiger partial charge in [-0.1, -0.05) is 45.8 Å². The van der Waals surface area contributed by atoms with Gasteiger partial charge in [0, 0.05) is 30.5 Å². The van der Waals surface area contributed by atoms with E-state index in [1.165, 1.54) is 5.57 Å². The number of carboxylic acids is 1. The van der Waals surface area contributed by atoms with Crippen LogP contribution in [0, 0.1) is 55.7 Å². The summed E-state index contributed by atoms with van der Waals surface area (Å²) in [5.41, 5.74) is -1.77. The summed E-state index contributed by atoms with van der Waals surface area (Å²) in [7, 11) is 0. The van der Waals surface area contributed by atoms with E-state index in [0.717, 1.165) is 38.5 Å². The van der Waals surface area contributed by atoms with Crippen LogP contribution in [0.1, 0.15) is 91.9 Å². The van der Waals surface area contributed by atoms with Crippen molar-refractivity contribution in [1.82, 2.24) is 5.32 Å². The van der Waals surface area contributed by atoms with Crippen LogP contribution < -0.4 is 5.32 Å². The van der Waals surface area contributed by atoms with Crippen molar-refractivity contribution < 1.29 is 50.0 Å². The van der Waals surface area contributed by atoms with Crippen LogP contribution in [-0.4, -0.2) is 111 Å². The maximum atomic E-state index is 13.2. The van der Waals surface area contributed by atoms with Crippen LogP contribution in [0.2, 0.25) is 0 Å². The van der Waals surface area contributed by atoms with Crippen molar-refractivity contribution in [2.24, 2.45) is 55.7 Å². The van der Waals surface area contributed by atoms with Crippen molar-refractivity contribution in [3.63, 3.8) is 0 Å². The van der Waals surface area contributed by atoms with Gasteiger partial charge in [0.05, 0.1) is 30.8 Å². The minimum atomic E-state index is -1.51. The first-order valence-electron chi connectivity index (χ1n) is 18.9. The molecule has 7 fully saturated rings. The third-order valence-electron chi connectivity index (χ3n) is 17.5. The van der Waals surface area contributed by atoms with Crippen LogP contribution in [0.15, 0.2) is 11.6 Å². The van der Waals surface area contributed by atoms with E-state index in [0.29, 0.717) is 32.2 Å². The predicted octanol–water partition coefficient (Wildman–Crippen LogP) is 1.95. The third kappa shape index (κ3) is 3.98. The first-order valence-corrected chi connectivity index (χ1v) is 18.9. The molecule has 6 bridgehead atoms. The first-order chi connectivity index (χ1) is 23.0. The zero-order valence-electron chi connectivity index (χ0n) is 29.6. The Morgan fingerprint density at radius 3 is 2.37 bits per heavy atom. The van der Waals surface area contributed by atoms with Gasteiger partial charge in [0.15, 0.2) is 6.29 Å². The Morgan fingerprint density at radius 1 is 0.939 bits per heavy atom. The van der Waals surface area contributed by atoms with Crippen molar-refractivity contribution in [2.45, 2.75) is 135 Å². The second-order valence-electron chi connectivity index (χ2n) is 18.9. The summed E-state index contributed by atoms with van der Waals surface area (Å²) in [6, 6.07) is -0.00530. The number of hydrogen-bond donors (Lipinski definition) is 8. The highest BCUT2D eigenvalue weighted by Crippen LogP contribution is 2.85. The molecular weight excluding hydrogens is 630 g/mol. The number of nitrogens with one attached hydrogen (secondary N) is 1. The van der Waals surface area contributed by atoms with Crippen LogP contribution in [0.25, 0.3) is 0 Å². The number of allylic oxidation sites excluding steroid dienone is 2. The zero-order valence-corrected chi connectivity index (χ0v) is 29.6. The number of aliphatic hydroxyl groups is 6. The molecule has 2 saturated heterocycles. The molecule has 8 aliphatic rings. The van der Waals surface area contributed by atoms with E-state index in [1.807, 2.05) is 6.92 Å². The smallest absolute Gasteiger partial charge is 0.310 e. The summed E-state index contributed by atoms with van der Waals surface area (Å²) in [4.78, 5) is 13.2. The molecule has 0 radical (unpaired) electrons. The van der Waals surface area contributed by atoms with Gasteiger partial charge in [-0.2, -0.15) is 0 Å². The minimum absolute atomic E-state index is 0.00530. The fraction of sp³-hybridized carbons (Fsp3) is 0.921. The van der Waals surface area contributed by atoms with Gasteiger partial charge in [-0.3, -0.25) is 4.79 Å². The second-order valence-corrected chi connectivity index (χ2v) is 18.9. The number of fused-ring (bicyclic) bond motifs is 2. The van der Waals surface area contributed by atoms with E-state index in [2.05, 4.69) is 32.2 Å². The number of aliphatic hydroxyl groups excluding tert-OH is 6. The molecule has 6 aliphatic carbocycles. The first kappa shape index (κ1) is 34.9. The van der Waals surface area contributed by atoms with Crippen LogP contribution >= 0.6 is 0 Å². The minimum Gasteiger partial charge on any atom is -0.481 e. The van der Waals surface area contributed by atoms with E-state index in [4.69, 9.17) is 9.47 Å². The lowest BCUT2D eigenvalue weighted by molar-refractivity contribution is -0.369. The van der Waals surface area contributed by atoms with Gasteiger partial charge >= 0.3 is 5.97 Å². The van der Waals surface area contributed by atoms with Crippen molar-refractivity contribution in [3.05, 3.63) is 11.6 Å². The Balaban J connectivity index is 1.24. The van der Waals surface area contributed by atoms with Gasteiger partial charge < -0.3 is 50.5 Å². The highest BCUT2D eigenvalue weighted by molar-refractivity contribution is 5.76. The summed E-state index contributed by atoms with van der Waals surface area (Å²) >= 11 is 0. The molecule has 5 saturated carbocycles. The molecule has 17 atom stereocenters. The summed E-state index contributed by atoms with van der Waals surface area (Å²) in [6.07, 6.45) is 3.16. The van der Waals surface area contributed by atoms with Gasteiger partial charge in [-0.25, -0.2) is 0 Å². The number of rotatable bonds is 5. The Hall–Kier alpha value is -1.15. The van der Waals surface area contributed by atoms with Crippen molar-refractivity contribution in [3.8, 4) is 0 Å². The third-order valence-corrected chi connectivity index (χ3v) is 17.5.